The largest absolute Gasteiger partial charge is 0.334 e. The third-order valence-electron chi connectivity index (χ3n) is 6.41. The Kier molecular flexibility index (Phi) is 6.25. The molecule has 5 rings (SSSR count). The number of carbonyl (C=O) groups excluding carboxylic acids is 1. The van der Waals surface area contributed by atoms with E-state index in [4.69, 9.17) is 4.98 Å². The lowest BCUT2D eigenvalue weighted by Gasteiger charge is -2.40. The Morgan fingerprint density at radius 1 is 1.12 bits per heavy atom. The van der Waals surface area contributed by atoms with Crippen molar-refractivity contribution in [3.8, 4) is 10.4 Å². The first-order valence-corrected chi connectivity index (χ1v) is 13.0. The molecule has 0 spiro atoms. The number of aryl methyl sites for hydroxylation is 2. The molecule has 0 radical (unpaired) electrons. The molecule has 2 aromatic carbocycles. The second kappa shape index (κ2) is 9.31. The fourth-order valence-corrected chi connectivity index (χ4v) is 6.64. The molecule has 33 heavy (non-hydrogen) atoms. The summed E-state index contributed by atoms with van der Waals surface area (Å²) in [5.74, 6) is 0.123. The Hall–Kier alpha value is -2.64. The van der Waals surface area contributed by atoms with E-state index in [2.05, 4.69) is 24.0 Å². The number of thiazole rings is 2. The van der Waals surface area contributed by atoms with E-state index >= 15 is 0 Å². The lowest BCUT2D eigenvalue weighted by atomic mass is 9.87. The van der Waals surface area contributed by atoms with Crippen molar-refractivity contribution in [2.24, 2.45) is 5.92 Å². The molecule has 4 aromatic rings. The standard InChI is InChI=1S/C26H26FN3OS2/c1-16-6-5-15-30(21(16)13-14-23-29-20-7-3-4-8-22(20)33-23)26(31)24-25(32-17(2)28-24)18-9-11-19(27)12-10-18/h3-4,7-12,16,21H,5-6,13-15H2,1-2H3/t16-,21-/m1/s1. The number of piperidine rings is 1. The minimum atomic E-state index is -0.285. The first kappa shape index (κ1) is 22.2. The van der Waals surface area contributed by atoms with E-state index < -0.39 is 0 Å². The molecule has 1 amide bonds. The first-order chi connectivity index (χ1) is 16.0. The highest BCUT2D eigenvalue weighted by atomic mass is 32.1. The number of amides is 1. The van der Waals surface area contributed by atoms with Gasteiger partial charge in [0, 0.05) is 19.0 Å². The van der Waals surface area contributed by atoms with E-state index in [1.165, 1.54) is 28.2 Å². The number of nitrogens with zero attached hydrogens (tertiary/aromatic N) is 3. The molecule has 0 aliphatic carbocycles. The van der Waals surface area contributed by atoms with Crippen LogP contribution in [0.5, 0.6) is 0 Å². The summed E-state index contributed by atoms with van der Waals surface area (Å²) in [6.07, 6.45) is 3.87. The highest BCUT2D eigenvalue weighted by molar-refractivity contribution is 7.18. The zero-order valence-electron chi connectivity index (χ0n) is 18.8. The number of para-hydroxylation sites is 1. The van der Waals surface area contributed by atoms with Gasteiger partial charge in [-0.15, -0.1) is 22.7 Å². The number of hydrogen-bond donors (Lipinski definition) is 0. The van der Waals surface area contributed by atoms with Crippen LogP contribution in [-0.4, -0.2) is 33.4 Å². The van der Waals surface area contributed by atoms with Crippen LogP contribution in [0, 0.1) is 18.7 Å². The summed E-state index contributed by atoms with van der Waals surface area (Å²) in [7, 11) is 0. The molecule has 0 unspecified atom stereocenters. The Labute approximate surface area is 201 Å². The Bertz CT molecular complexity index is 1250. The monoisotopic (exact) mass is 479 g/mol. The van der Waals surface area contributed by atoms with Crippen LogP contribution in [0.4, 0.5) is 4.39 Å². The molecule has 3 heterocycles. The van der Waals surface area contributed by atoms with Crippen LogP contribution in [-0.2, 0) is 6.42 Å². The van der Waals surface area contributed by atoms with Crippen LogP contribution in [0.3, 0.4) is 0 Å². The average Bonchev–Trinajstić information content (AvgIpc) is 3.41. The smallest absolute Gasteiger partial charge is 0.274 e. The molecule has 1 saturated heterocycles. The van der Waals surface area contributed by atoms with Crippen LogP contribution in [0.25, 0.3) is 20.7 Å². The molecule has 4 nitrogen and oxygen atoms in total. The van der Waals surface area contributed by atoms with Crippen molar-refractivity contribution in [3.05, 3.63) is 70.1 Å². The van der Waals surface area contributed by atoms with E-state index in [0.717, 1.165) is 58.2 Å². The Balaban J connectivity index is 1.39. The number of carbonyl (C=O) groups is 1. The summed E-state index contributed by atoms with van der Waals surface area (Å²) in [6.45, 7) is 4.90. The number of likely N-dealkylation sites (tertiary alicyclic amines) is 1. The molecule has 1 fully saturated rings. The van der Waals surface area contributed by atoms with Gasteiger partial charge in [0.15, 0.2) is 0 Å². The molecule has 0 saturated carbocycles. The molecule has 7 heteroatoms. The van der Waals surface area contributed by atoms with Crippen molar-refractivity contribution in [2.45, 2.75) is 45.6 Å². The predicted octanol–water partition coefficient (Wildman–Crippen LogP) is 6.74. The molecular weight excluding hydrogens is 453 g/mol. The third-order valence-corrected chi connectivity index (χ3v) is 8.53. The fraction of sp³-hybridized carbons (Fsp3) is 0.346. The molecular formula is C26H26FN3OS2. The van der Waals surface area contributed by atoms with Crippen LogP contribution in [0.2, 0.25) is 0 Å². The van der Waals surface area contributed by atoms with Gasteiger partial charge >= 0.3 is 0 Å². The van der Waals surface area contributed by atoms with Gasteiger partial charge in [0.05, 0.1) is 25.1 Å². The average molecular weight is 480 g/mol. The zero-order valence-corrected chi connectivity index (χ0v) is 20.4. The summed E-state index contributed by atoms with van der Waals surface area (Å²) < 4.78 is 14.7. The number of fused-ring (bicyclic) bond motifs is 1. The second-order valence-electron chi connectivity index (χ2n) is 8.72. The van der Waals surface area contributed by atoms with Gasteiger partial charge in [0.25, 0.3) is 5.91 Å². The summed E-state index contributed by atoms with van der Waals surface area (Å²) in [5, 5.41) is 1.96. The maximum absolute atomic E-state index is 13.8. The summed E-state index contributed by atoms with van der Waals surface area (Å²) in [5.41, 5.74) is 2.37. The summed E-state index contributed by atoms with van der Waals surface area (Å²) in [4.78, 5) is 26.0. The van der Waals surface area contributed by atoms with Gasteiger partial charge < -0.3 is 4.90 Å². The number of halogens is 1. The van der Waals surface area contributed by atoms with Gasteiger partial charge in [-0.25, -0.2) is 14.4 Å². The Morgan fingerprint density at radius 2 is 1.91 bits per heavy atom. The molecule has 170 valence electrons. The van der Waals surface area contributed by atoms with Crippen LogP contribution >= 0.6 is 22.7 Å². The number of benzene rings is 2. The number of hydrogen-bond acceptors (Lipinski definition) is 5. The number of aromatic nitrogens is 2. The first-order valence-electron chi connectivity index (χ1n) is 11.4. The van der Waals surface area contributed by atoms with Gasteiger partial charge in [-0.2, -0.15) is 0 Å². The normalized spacial score (nSPS) is 18.7. The summed E-state index contributed by atoms with van der Waals surface area (Å²) in [6, 6.07) is 14.7. The van der Waals surface area contributed by atoms with Gasteiger partial charge in [-0.3, -0.25) is 4.79 Å². The highest BCUT2D eigenvalue weighted by Crippen LogP contribution is 2.34. The van der Waals surface area contributed by atoms with E-state index in [9.17, 15) is 9.18 Å². The van der Waals surface area contributed by atoms with E-state index in [1.54, 1.807) is 23.5 Å². The zero-order chi connectivity index (χ0) is 22.9. The van der Waals surface area contributed by atoms with Gasteiger partial charge in [0.2, 0.25) is 0 Å². The topological polar surface area (TPSA) is 46.1 Å². The molecule has 2 atom stereocenters. The second-order valence-corrected chi connectivity index (χ2v) is 11.0. The highest BCUT2D eigenvalue weighted by Gasteiger charge is 2.34. The molecule has 0 bridgehead atoms. The molecule has 1 aliphatic rings. The van der Waals surface area contributed by atoms with Crippen molar-refractivity contribution in [1.82, 2.24) is 14.9 Å². The lowest BCUT2D eigenvalue weighted by molar-refractivity contribution is 0.0495. The van der Waals surface area contributed by atoms with E-state index in [0.29, 0.717) is 11.6 Å². The number of rotatable bonds is 5. The summed E-state index contributed by atoms with van der Waals surface area (Å²) >= 11 is 3.23. The van der Waals surface area contributed by atoms with Crippen molar-refractivity contribution < 1.29 is 9.18 Å². The van der Waals surface area contributed by atoms with Crippen molar-refractivity contribution >= 4 is 38.8 Å². The van der Waals surface area contributed by atoms with E-state index in [1.807, 2.05) is 24.0 Å². The fourth-order valence-electron chi connectivity index (χ4n) is 4.74. The SMILES string of the molecule is Cc1nc(C(=O)N2CCC[C@@H](C)[C@H]2CCc2nc3ccccc3s2)c(-c2ccc(F)cc2)s1. The minimum Gasteiger partial charge on any atom is -0.334 e. The maximum Gasteiger partial charge on any atom is 0.274 e. The Morgan fingerprint density at radius 3 is 2.70 bits per heavy atom. The van der Waals surface area contributed by atoms with Crippen molar-refractivity contribution in [2.75, 3.05) is 6.54 Å². The van der Waals surface area contributed by atoms with E-state index in [-0.39, 0.29) is 17.8 Å². The molecule has 0 N–H and O–H groups in total. The van der Waals surface area contributed by atoms with Crippen LogP contribution in [0.1, 0.15) is 46.7 Å². The molecule has 1 aliphatic heterocycles. The quantitative estimate of drug-likeness (QED) is 0.318. The minimum absolute atomic E-state index is 0.0143. The third kappa shape index (κ3) is 4.57. The van der Waals surface area contributed by atoms with Crippen LogP contribution in [0.15, 0.2) is 48.5 Å². The van der Waals surface area contributed by atoms with Gasteiger partial charge in [-0.05, 0) is 61.9 Å². The predicted molar refractivity (Wildman–Crippen MR) is 133 cm³/mol. The molecule has 2 aromatic heterocycles. The van der Waals surface area contributed by atoms with Gasteiger partial charge in [-0.1, -0.05) is 31.2 Å². The van der Waals surface area contributed by atoms with Crippen molar-refractivity contribution in [1.29, 1.82) is 0 Å². The van der Waals surface area contributed by atoms with Gasteiger partial charge in [0.1, 0.15) is 11.5 Å². The maximum atomic E-state index is 13.8. The van der Waals surface area contributed by atoms with Crippen LogP contribution < -0.4 is 0 Å². The lowest BCUT2D eigenvalue weighted by Crippen LogP contribution is -2.48. The van der Waals surface area contributed by atoms with Crippen molar-refractivity contribution in [3.63, 3.8) is 0 Å².